The molecule has 2 nitrogen and oxygen atoms in total. The van der Waals surface area contributed by atoms with Crippen LogP contribution in [0.1, 0.15) is 31.7 Å². The number of nitrogens with two attached hydrogens (primary N) is 1. The summed E-state index contributed by atoms with van der Waals surface area (Å²) in [5.74, 6) is 0. The predicted molar refractivity (Wildman–Crippen MR) is 68.4 cm³/mol. The monoisotopic (exact) mass is 221 g/mol. The summed E-state index contributed by atoms with van der Waals surface area (Å²) in [5.41, 5.74) is 7.44. The second-order valence-electron chi connectivity index (χ2n) is 4.41. The Morgan fingerprint density at radius 1 is 1.12 bits per heavy atom. The lowest BCUT2D eigenvalue weighted by molar-refractivity contribution is 0.107. The van der Waals surface area contributed by atoms with E-state index >= 15 is 0 Å². The van der Waals surface area contributed by atoms with Gasteiger partial charge < -0.3 is 10.5 Å². The highest BCUT2D eigenvalue weighted by atomic mass is 16.5. The van der Waals surface area contributed by atoms with Crippen LogP contribution >= 0.6 is 0 Å². The zero-order valence-corrected chi connectivity index (χ0v) is 10.4. The zero-order chi connectivity index (χ0) is 11.8. The van der Waals surface area contributed by atoms with E-state index in [1.807, 2.05) is 6.07 Å². The van der Waals surface area contributed by atoms with Crippen molar-refractivity contribution in [3.63, 3.8) is 0 Å². The Labute approximate surface area is 98.8 Å². The number of ether oxygens (including phenoxy) is 1. The molecular weight excluding hydrogens is 198 g/mol. The van der Waals surface area contributed by atoms with E-state index in [-0.39, 0.29) is 6.04 Å². The largest absolute Gasteiger partial charge is 0.382 e. The summed E-state index contributed by atoms with van der Waals surface area (Å²) in [7, 11) is 1.75. The molecule has 90 valence electrons. The van der Waals surface area contributed by atoms with E-state index in [1.54, 1.807) is 7.11 Å². The molecule has 0 radical (unpaired) electrons. The summed E-state index contributed by atoms with van der Waals surface area (Å²) in [6, 6.07) is 10.8. The summed E-state index contributed by atoms with van der Waals surface area (Å²) in [6.45, 7) is 2.09. The fourth-order valence-electron chi connectivity index (χ4n) is 1.71. The number of rotatable bonds is 7. The second-order valence-corrected chi connectivity index (χ2v) is 4.41. The van der Waals surface area contributed by atoms with Crippen molar-refractivity contribution in [1.82, 2.24) is 0 Å². The summed E-state index contributed by atoms with van der Waals surface area (Å²) < 4.78 is 5.21. The summed E-state index contributed by atoms with van der Waals surface area (Å²) in [4.78, 5) is 0. The fourth-order valence-corrected chi connectivity index (χ4v) is 1.71. The van der Waals surface area contributed by atoms with Gasteiger partial charge in [-0.3, -0.25) is 0 Å². The van der Waals surface area contributed by atoms with Gasteiger partial charge in [0.2, 0.25) is 0 Å². The molecular formula is C14H23NO. The summed E-state index contributed by atoms with van der Waals surface area (Å²) in [5, 5.41) is 0. The number of hydrogen-bond donors (Lipinski definition) is 1. The standard InChI is InChI=1S/C14H23NO/c1-12(16-2)8-10-14(15)11-9-13-6-4-3-5-7-13/h3-7,12,14H,8-11,15H2,1-2H3. The average molecular weight is 221 g/mol. The van der Waals surface area contributed by atoms with Gasteiger partial charge in [0.05, 0.1) is 6.10 Å². The minimum atomic E-state index is 0.290. The molecule has 2 N–H and O–H groups in total. The van der Waals surface area contributed by atoms with Gasteiger partial charge >= 0.3 is 0 Å². The molecule has 1 rings (SSSR count). The number of hydrogen-bond acceptors (Lipinski definition) is 2. The lowest BCUT2D eigenvalue weighted by atomic mass is 10.0. The highest BCUT2D eigenvalue weighted by Crippen LogP contribution is 2.09. The molecule has 0 aromatic heterocycles. The maximum atomic E-state index is 6.07. The van der Waals surface area contributed by atoms with Crippen molar-refractivity contribution in [2.24, 2.45) is 5.73 Å². The van der Waals surface area contributed by atoms with Crippen molar-refractivity contribution in [3.05, 3.63) is 35.9 Å². The van der Waals surface area contributed by atoms with Crippen LogP contribution in [-0.2, 0) is 11.2 Å². The first kappa shape index (κ1) is 13.2. The van der Waals surface area contributed by atoms with Crippen LogP contribution in [0.3, 0.4) is 0 Å². The molecule has 1 aromatic rings. The van der Waals surface area contributed by atoms with Gasteiger partial charge in [0.1, 0.15) is 0 Å². The SMILES string of the molecule is COC(C)CCC(N)CCc1ccccc1. The van der Waals surface area contributed by atoms with Gasteiger partial charge in [-0.15, -0.1) is 0 Å². The molecule has 0 spiro atoms. The van der Waals surface area contributed by atoms with E-state index in [0.717, 1.165) is 25.7 Å². The lowest BCUT2D eigenvalue weighted by Gasteiger charge is -2.14. The molecule has 0 aliphatic carbocycles. The zero-order valence-electron chi connectivity index (χ0n) is 10.4. The van der Waals surface area contributed by atoms with Gasteiger partial charge in [0, 0.05) is 13.2 Å². The Hall–Kier alpha value is -0.860. The quantitative estimate of drug-likeness (QED) is 0.768. The van der Waals surface area contributed by atoms with Gasteiger partial charge in [0.25, 0.3) is 0 Å². The van der Waals surface area contributed by atoms with Crippen LogP contribution in [-0.4, -0.2) is 19.3 Å². The highest BCUT2D eigenvalue weighted by molar-refractivity contribution is 5.14. The third-order valence-corrected chi connectivity index (χ3v) is 2.99. The lowest BCUT2D eigenvalue weighted by Crippen LogP contribution is -2.22. The first-order valence-corrected chi connectivity index (χ1v) is 6.04. The fraction of sp³-hybridized carbons (Fsp3) is 0.571. The minimum absolute atomic E-state index is 0.290. The van der Waals surface area contributed by atoms with Crippen LogP contribution in [0.4, 0.5) is 0 Å². The molecule has 2 heteroatoms. The van der Waals surface area contributed by atoms with Crippen molar-refractivity contribution >= 4 is 0 Å². The van der Waals surface area contributed by atoms with Crippen LogP contribution in [0.2, 0.25) is 0 Å². The number of benzene rings is 1. The molecule has 0 saturated carbocycles. The first-order chi connectivity index (χ1) is 7.72. The topological polar surface area (TPSA) is 35.2 Å². The smallest absolute Gasteiger partial charge is 0.0543 e. The molecule has 0 bridgehead atoms. The molecule has 0 aliphatic rings. The molecule has 0 amide bonds. The van der Waals surface area contributed by atoms with E-state index in [4.69, 9.17) is 10.5 Å². The average Bonchev–Trinajstić information content (AvgIpc) is 2.34. The normalized spacial score (nSPS) is 14.7. The Balaban J connectivity index is 2.18. The van der Waals surface area contributed by atoms with Crippen LogP contribution in [0.5, 0.6) is 0 Å². The first-order valence-electron chi connectivity index (χ1n) is 6.04. The Morgan fingerprint density at radius 3 is 2.44 bits per heavy atom. The molecule has 1 aromatic carbocycles. The molecule has 0 heterocycles. The van der Waals surface area contributed by atoms with Crippen LogP contribution in [0, 0.1) is 0 Å². The molecule has 16 heavy (non-hydrogen) atoms. The van der Waals surface area contributed by atoms with Crippen molar-refractivity contribution in [2.45, 2.75) is 44.8 Å². The van der Waals surface area contributed by atoms with E-state index in [2.05, 4.69) is 31.2 Å². The van der Waals surface area contributed by atoms with Gasteiger partial charge in [-0.1, -0.05) is 30.3 Å². The predicted octanol–water partition coefficient (Wildman–Crippen LogP) is 2.76. The molecule has 0 aliphatic heterocycles. The Kier molecular flexibility index (Phi) is 6.12. The third-order valence-electron chi connectivity index (χ3n) is 2.99. The van der Waals surface area contributed by atoms with Gasteiger partial charge in [-0.2, -0.15) is 0 Å². The molecule has 0 saturated heterocycles. The summed E-state index contributed by atoms with van der Waals surface area (Å²) >= 11 is 0. The molecule has 0 fully saturated rings. The Bertz CT molecular complexity index is 273. The Morgan fingerprint density at radius 2 is 1.81 bits per heavy atom. The van der Waals surface area contributed by atoms with Gasteiger partial charge in [0.15, 0.2) is 0 Å². The summed E-state index contributed by atoms with van der Waals surface area (Å²) in [6.07, 6.45) is 4.54. The minimum Gasteiger partial charge on any atom is -0.382 e. The van der Waals surface area contributed by atoms with E-state index in [0.29, 0.717) is 6.10 Å². The number of aryl methyl sites for hydroxylation is 1. The maximum absolute atomic E-state index is 6.07. The van der Waals surface area contributed by atoms with Crippen LogP contribution in [0.15, 0.2) is 30.3 Å². The van der Waals surface area contributed by atoms with E-state index in [1.165, 1.54) is 5.56 Å². The van der Waals surface area contributed by atoms with E-state index in [9.17, 15) is 0 Å². The van der Waals surface area contributed by atoms with Crippen molar-refractivity contribution < 1.29 is 4.74 Å². The molecule has 2 unspecified atom stereocenters. The van der Waals surface area contributed by atoms with Crippen LogP contribution < -0.4 is 5.73 Å². The van der Waals surface area contributed by atoms with Gasteiger partial charge in [-0.05, 0) is 38.2 Å². The van der Waals surface area contributed by atoms with E-state index < -0.39 is 0 Å². The van der Waals surface area contributed by atoms with Crippen molar-refractivity contribution in [2.75, 3.05) is 7.11 Å². The third kappa shape index (κ3) is 5.29. The van der Waals surface area contributed by atoms with Crippen LogP contribution in [0.25, 0.3) is 0 Å². The second kappa shape index (κ2) is 7.42. The maximum Gasteiger partial charge on any atom is 0.0543 e. The number of methoxy groups -OCH3 is 1. The van der Waals surface area contributed by atoms with Crippen molar-refractivity contribution in [1.29, 1.82) is 0 Å². The highest BCUT2D eigenvalue weighted by Gasteiger charge is 2.06. The molecule has 2 atom stereocenters. The van der Waals surface area contributed by atoms with Gasteiger partial charge in [-0.25, -0.2) is 0 Å². The van der Waals surface area contributed by atoms with Crippen molar-refractivity contribution in [3.8, 4) is 0 Å².